The number of esters is 2. The van der Waals surface area contributed by atoms with E-state index in [0.717, 1.165) is 44.9 Å². The average molecular weight is 839 g/mol. The fraction of sp³-hybridized carbons (Fsp3) is 0.837. The SMILES string of the molecule is CCCCC/C=C/C/C=C/CCCCCCCCCC(=O)OC[C@H](COP(=O)(O)O)OC(=O)CCC/C=C/CCCCCCCCCCCCCCCCCCCC. The van der Waals surface area contributed by atoms with Crippen LogP contribution in [0.4, 0.5) is 0 Å². The van der Waals surface area contributed by atoms with Crippen LogP contribution in [0.2, 0.25) is 0 Å². The summed E-state index contributed by atoms with van der Waals surface area (Å²) in [6.45, 7) is 3.67. The minimum absolute atomic E-state index is 0.164. The highest BCUT2D eigenvalue weighted by Gasteiger charge is 2.22. The predicted octanol–water partition coefficient (Wildman–Crippen LogP) is 15.3. The Hall–Kier alpha value is -1.73. The van der Waals surface area contributed by atoms with Crippen LogP contribution in [0.3, 0.4) is 0 Å². The summed E-state index contributed by atoms with van der Waals surface area (Å²) in [4.78, 5) is 43.0. The van der Waals surface area contributed by atoms with Crippen LogP contribution in [0.5, 0.6) is 0 Å². The molecule has 0 heterocycles. The van der Waals surface area contributed by atoms with E-state index in [1.807, 2.05) is 0 Å². The second-order valence-electron chi connectivity index (χ2n) is 16.4. The molecule has 2 N–H and O–H groups in total. The topological polar surface area (TPSA) is 119 Å². The van der Waals surface area contributed by atoms with Gasteiger partial charge in [-0.1, -0.05) is 204 Å². The zero-order valence-electron chi connectivity index (χ0n) is 37.7. The van der Waals surface area contributed by atoms with Gasteiger partial charge in [0.15, 0.2) is 6.10 Å². The molecule has 0 aliphatic rings. The molecule has 0 rings (SSSR count). The van der Waals surface area contributed by atoms with Crippen LogP contribution >= 0.6 is 7.82 Å². The molecule has 0 amide bonds. The van der Waals surface area contributed by atoms with Gasteiger partial charge in [0.1, 0.15) is 6.61 Å². The summed E-state index contributed by atoms with van der Waals surface area (Å²) in [5.74, 6) is -0.923. The van der Waals surface area contributed by atoms with E-state index in [-0.39, 0.29) is 19.4 Å². The molecule has 1 atom stereocenters. The van der Waals surface area contributed by atoms with Crippen LogP contribution in [-0.2, 0) is 28.2 Å². The van der Waals surface area contributed by atoms with E-state index in [1.54, 1.807) is 0 Å². The number of hydrogen-bond acceptors (Lipinski definition) is 6. The first-order valence-electron chi connectivity index (χ1n) is 24.3. The van der Waals surface area contributed by atoms with Gasteiger partial charge in [-0.25, -0.2) is 4.57 Å². The van der Waals surface area contributed by atoms with E-state index in [1.165, 1.54) is 161 Å². The van der Waals surface area contributed by atoms with Crippen molar-refractivity contribution in [1.29, 1.82) is 0 Å². The van der Waals surface area contributed by atoms with Gasteiger partial charge in [0, 0.05) is 12.8 Å². The third-order valence-electron chi connectivity index (χ3n) is 10.6. The maximum absolute atomic E-state index is 12.4. The zero-order valence-corrected chi connectivity index (χ0v) is 38.6. The zero-order chi connectivity index (χ0) is 42.5. The molecule has 0 bridgehead atoms. The molecule has 0 fully saturated rings. The van der Waals surface area contributed by atoms with Crippen molar-refractivity contribution >= 4 is 19.8 Å². The summed E-state index contributed by atoms with van der Waals surface area (Å²) in [6, 6.07) is 0. The first kappa shape index (κ1) is 56.3. The molecule has 0 spiro atoms. The number of ether oxygens (including phenoxy) is 2. The molecule has 0 unspecified atom stereocenters. The Morgan fingerprint density at radius 3 is 1.24 bits per heavy atom. The number of carbonyl (C=O) groups excluding carboxylic acids is 2. The van der Waals surface area contributed by atoms with E-state index in [9.17, 15) is 14.2 Å². The number of phosphoric ester groups is 1. The van der Waals surface area contributed by atoms with Gasteiger partial charge in [-0.2, -0.15) is 0 Å². The fourth-order valence-electron chi connectivity index (χ4n) is 7.00. The van der Waals surface area contributed by atoms with Crippen LogP contribution < -0.4 is 0 Å². The Balaban J connectivity index is 3.86. The number of carbonyl (C=O) groups is 2. The van der Waals surface area contributed by atoms with Crippen molar-refractivity contribution in [3.05, 3.63) is 36.5 Å². The largest absolute Gasteiger partial charge is 0.469 e. The molecular formula is C49H91O8P. The molecule has 340 valence electrons. The van der Waals surface area contributed by atoms with Crippen LogP contribution in [0.25, 0.3) is 0 Å². The Morgan fingerprint density at radius 2 is 0.793 bits per heavy atom. The van der Waals surface area contributed by atoms with E-state index < -0.39 is 32.5 Å². The van der Waals surface area contributed by atoms with Gasteiger partial charge in [0.2, 0.25) is 0 Å². The molecule has 0 radical (unpaired) electrons. The Kier molecular flexibility index (Phi) is 43.5. The van der Waals surface area contributed by atoms with E-state index in [4.69, 9.17) is 19.3 Å². The fourth-order valence-corrected chi connectivity index (χ4v) is 7.36. The van der Waals surface area contributed by atoms with Crippen molar-refractivity contribution in [2.75, 3.05) is 13.2 Å². The van der Waals surface area contributed by atoms with Crippen molar-refractivity contribution in [2.45, 2.75) is 251 Å². The van der Waals surface area contributed by atoms with Crippen molar-refractivity contribution < 1.29 is 37.9 Å². The Labute approximate surface area is 357 Å². The van der Waals surface area contributed by atoms with E-state index in [2.05, 4.69) is 54.8 Å². The lowest BCUT2D eigenvalue weighted by molar-refractivity contribution is -0.161. The molecule has 58 heavy (non-hydrogen) atoms. The molecule has 8 nitrogen and oxygen atoms in total. The lowest BCUT2D eigenvalue weighted by atomic mass is 10.0. The normalized spacial score (nSPS) is 12.7. The Bertz CT molecular complexity index is 1040. The highest BCUT2D eigenvalue weighted by molar-refractivity contribution is 7.46. The average Bonchev–Trinajstić information content (AvgIpc) is 3.20. The molecule has 9 heteroatoms. The second-order valence-corrected chi connectivity index (χ2v) is 17.7. The van der Waals surface area contributed by atoms with Crippen molar-refractivity contribution in [1.82, 2.24) is 0 Å². The molecule has 0 aliphatic heterocycles. The lowest BCUT2D eigenvalue weighted by Crippen LogP contribution is -2.29. The summed E-state index contributed by atoms with van der Waals surface area (Å²) in [7, 11) is -4.77. The summed E-state index contributed by atoms with van der Waals surface area (Å²) in [5.41, 5.74) is 0. The van der Waals surface area contributed by atoms with Gasteiger partial charge >= 0.3 is 19.8 Å². The van der Waals surface area contributed by atoms with Crippen LogP contribution in [0.15, 0.2) is 36.5 Å². The number of allylic oxidation sites excluding steroid dienone is 6. The highest BCUT2D eigenvalue weighted by atomic mass is 31.2. The van der Waals surface area contributed by atoms with Crippen LogP contribution in [0, 0.1) is 0 Å². The predicted molar refractivity (Wildman–Crippen MR) is 244 cm³/mol. The molecule has 0 aromatic carbocycles. The minimum atomic E-state index is -4.77. The first-order valence-corrected chi connectivity index (χ1v) is 25.8. The maximum Gasteiger partial charge on any atom is 0.469 e. The molecule has 0 aliphatic carbocycles. The van der Waals surface area contributed by atoms with Gasteiger partial charge in [-0.15, -0.1) is 0 Å². The molecular weight excluding hydrogens is 748 g/mol. The van der Waals surface area contributed by atoms with Crippen LogP contribution in [0.1, 0.15) is 245 Å². The third-order valence-corrected chi connectivity index (χ3v) is 11.1. The third kappa shape index (κ3) is 47.0. The monoisotopic (exact) mass is 839 g/mol. The quantitative estimate of drug-likeness (QED) is 0.0269. The van der Waals surface area contributed by atoms with Gasteiger partial charge < -0.3 is 19.3 Å². The second kappa shape index (κ2) is 44.8. The summed E-state index contributed by atoms with van der Waals surface area (Å²) in [6.07, 6.45) is 54.6. The summed E-state index contributed by atoms with van der Waals surface area (Å²) < 4.78 is 26.4. The Morgan fingerprint density at radius 1 is 0.448 bits per heavy atom. The van der Waals surface area contributed by atoms with Crippen LogP contribution in [-0.4, -0.2) is 41.0 Å². The minimum Gasteiger partial charge on any atom is -0.462 e. The number of unbranched alkanes of at least 4 members (excludes halogenated alkanes) is 29. The summed E-state index contributed by atoms with van der Waals surface area (Å²) in [5, 5.41) is 0. The standard InChI is InChI=1S/C49H91O8P/c1-3-5-7-9-11-13-15-17-19-21-22-23-24-25-26-28-30-32-34-36-38-40-42-44-49(51)57-47(46-56-58(52,53)54)45-55-48(50)43-41-39-37-35-33-31-29-27-20-18-16-14-12-10-8-6-4-2/h12,14,18,20,36,38,47H,3-11,13,15-17,19,21-35,37,39-46H2,1-2H3,(H2,52,53,54)/b14-12+,20-18+,38-36+/t47-/m1/s1. The number of phosphoric acid groups is 1. The molecule has 0 saturated heterocycles. The van der Waals surface area contributed by atoms with E-state index in [0.29, 0.717) is 12.8 Å². The molecule has 0 aromatic rings. The molecule has 0 aromatic heterocycles. The van der Waals surface area contributed by atoms with Gasteiger partial charge in [-0.3, -0.25) is 14.1 Å². The smallest absolute Gasteiger partial charge is 0.462 e. The van der Waals surface area contributed by atoms with Crippen molar-refractivity contribution in [3.63, 3.8) is 0 Å². The lowest BCUT2D eigenvalue weighted by Gasteiger charge is -2.18. The summed E-state index contributed by atoms with van der Waals surface area (Å²) >= 11 is 0. The van der Waals surface area contributed by atoms with Crippen molar-refractivity contribution in [3.8, 4) is 0 Å². The first-order chi connectivity index (χ1) is 28.3. The van der Waals surface area contributed by atoms with Gasteiger partial charge in [0.05, 0.1) is 6.61 Å². The van der Waals surface area contributed by atoms with Gasteiger partial charge in [-0.05, 0) is 64.2 Å². The highest BCUT2D eigenvalue weighted by Crippen LogP contribution is 2.36. The maximum atomic E-state index is 12.4. The van der Waals surface area contributed by atoms with Gasteiger partial charge in [0.25, 0.3) is 0 Å². The number of hydrogen-bond donors (Lipinski definition) is 2. The van der Waals surface area contributed by atoms with E-state index >= 15 is 0 Å². The molecule has 0 saturated carbocycles. The van der Waals surface area contributed by atoms with Crippen molar-refractivity contribution in [2.24, 2.45) is 0 Å². The number of rotatable bonds is 45.